The summed E-state index contributed by atoms with van der Waals surface area (Å²) in [6.45, 7) is 14.2. The van der Waals surface area contributed by atoms with Crippen LogP contribution in [0.15, 0.2) is 0 Å². The number of ether oxygens (including phenoxy) is 1. The lowest BCUT2D eigenvalue weighted by Gasteiger charge is -2.27. The maximum Gasteiger partial charge on any atom is 0.0626 e. The van der Waals surface area contributed by atoms with Crippen LogP contribution in [-0.4, -0.2) is 12.2 Å². The molecule has 0 unspecified atom stereocenters. The Hall–Kier alpha value is -0.0400. The Bertz CT molecular complexity index is 131. The third kappa shape index (κ3) is 8.29. The van der Waals surface area contributed by atoms with Crippen LogP contribution in [-0.2, 0) is 4.74 Å². The molecule has 0 amide bonds. The van der Waals surface area contributed by atoms with Gasteiger partial charge in [-0.3, -0.25) is 0 Å². The second-order valence-corrected chi connectivity index (χ2v) is 5.67. The van der Waals surface area contributed by atoms with Gasteiger partial charge in [0.15, 0.2) is 0 Å². The van der Waals surface area contributed by atoms with Gasteiger partial charge in [-0.25, -0.2) is 0 Å². The number of hydrogen-bond donors (Lipinski definition) is 0. The summed E-state index contributed by atoms with van der Waals surface area (Å²) in [5.41, 5.74) is 0.461. The quantitative estimate of drug-likeness (QED) is 0.630. The minimum absolute atomic E-state index is 0.0694. The van der Waals surface area contributed by atoms with Crippen molar-refractivity contribution in [2.24, 2.45) is 5.41 Å². The Morgan fingerprint density at radius 3 is 1.85 bits per heavy atom. The molecule has 0 aliphatic carbocycles. The first-order valence-corrected chi connectivity index (χ1v) is 5.41. The lowest BCUT2D eigenvalue weighted by Crippen LogP contribution is -2.26. The van der Waals surface area contributed by atoms with E-state index in [1.54, 1.807) is 0 Å². The monoisotopic (exact) mass is 186 g/mol. The largest absolute Gasteiger partial charge is 0.376 e. The molecule has 0 bridgehead atoms. The molecular weight excluding hydrogens is 160 g/mol. The van der Waals surface area contributed by atoms with Crippen LogP contribution in [0.1, 0.15) is 60.8 Å². The predicted molar refractivity (Wildman–Crippen MR) is 59.0 cm³/mol. The maximum absolute atomic E-state index is 5.85. The van der Waals surface area contributed by atoms with Gasteiger partial charge in [0.25, 0.3) is 0 Å². The predicted octanol–water partition coefficient (Wildman–Crippen LogP) is 4.02. The first kappa shape index (κ1) is 13.0. The molecule has 0 atom stereocenters. The molecule has 1 heteroatoms. The molecule has 0 spiro atoms. The van der Waals surface area contributed by atoms with E-state index in [2.05, 4.69) is 41.5 Å². The summed E-state index contributed by atoms with van der Waals surface area (Å²) in [5.74, 6) is 0. The van der Waals surface area contributed by atoms with Crippen LogP contribution in [0.3, 0.4) is 0 Å². The molecule has 0 rings (SSSR count). The van der Waals surface area contributed by atoms with Crippen molar-refractivity contribution < 1.29 is 4.74 Å². The minimum Gasteiger partial charge on any atom is -0.376 e. The van der Waals surface area contributed by atoms with Crippen LogP contribution >= 0.6 is 0 Å². The van der Waals surface area contributed by atoms with E-state index in [0.717, 1.165) is 19.4 Å². The van der Waals surface area contributed by atoms with Crippen molar-refractivity contribution in [1.82, 2.24) is 0 Å². The molecule has 13 heavy (non-hydrogen) atoms. The van der Waals surface area contributed by atoms with Gasteiger partial charge in [0.2, 0.25) is 0 Å². The molecule has 0 heterocycles. The molecule has 0 aliphatic rings. The zero-order valence-electron chi connectivity index (χ0n) is 10.2. The van der Waals surface area contributed by atoms with Crippen molar-refractivity contribution in [3.8, 4) is 0 Å². The average molecular weight is 186 g/mol. The van der Waals surface area contributed by atoms with Crippen molar-refractivity contribution in [2.75, 3.05) is 6.61 Å². The van der Waals surface area contributed by atoms with E-state index in [1.165, 1.54) is 6.42 Å². The smallest absolute Gasteiger partial charge is 0.0626 e. The summed E-state index contributed by atoms with van der Waals surface area (Å²) in [5, 5.41) is 0. The SMILES string of the molecule is CCCC(C)(C)OCCC(C)(C)C. The number of hydrogen-bond acceptors (Lipinski definition) is 1. The third-order valence-electron chi connectivity index (χ3n) is 2.20. The fourth-order valence-corrected chi connectivity index (χ4v) is 1.31. The molecule has 0 aliphatic heterocycles. The van der Waals surface area contributed by atoms with Gasteiger partial charge in [0.05, 0.1) is 5.60 Å². The zero-order valence-corrected chi connectivity index (χ0v) is 10.2. The fourth-order valence-electron chi connectivity index (χ4n) is 1.31. The molecule has 0 aromatic carbocycles. The van der Waals surface area contributed by atoms with Crippen LogP contribution in [0.25, 0.3) is 0 Å². The summed E-state index contributed by atoms with van der Waals surface area (Å²) >= 11 is 0. The van der Waals surface area contributed by atoms with Gasteiger partial charge in [-0.2, -0.15) is 0 Å². The van der Waals surface area contributed by atoms with E-state index in [1.807, 2.05) is 0 Å². The van der Waals surface area contributed by atoms with E-state index in [-0.39, 0.29) is 5.60 Å². The molecule has 0 fully saturated rings. The third-order valence-corrected chi connectivity index (χ3v) is 2.20. The van der Waals surface area contributed by atoms with Gasteiger partial charge in [-0.1, -0.05) is 34.1 Å². The highest BCUT2D eigenvalue weighted by atomic mass is 16.5. The second kappa shape index (κ2) is 4.99. The first-order valence-electron chi connectivity index (χ1n) is 5.41. The highest BCUT2D eigenvalue weighted by molar-refractivity contribution is 4.68. The van der Waals surface area contributed by atoms with E-state index in [4.69, 9.17) is 4.74 Å². The molecule has 0 N–H and O–H groups in total. The molecule has 0 radical (unpaired) electrons. The van der Waals surface area contributed by atoms with Crippen LogP contribution in [0, 0.1) is 5.41 Å². The Morgan fingerprint density at radius 2 is 1.46 bits per heavy atom. The maximum atomic E-state index is 5.85. The molecule has 0 aromatic heterocycles. The van der Waals surface area contributed by atoms with Crippen molar-refractivity contribution in [3.05, 3.63) is 0 Å². The summed E-state index contributed by atoms with van der Waals surface area (Å²) in [6.07, 6.45) is 3.49. The van der Waals surface area contributed by atoms with E-state index in [0.29, 0.717) is 5.41 Å². The number of rotatable bonds is 5. The van der Waals surface area contributed by atoms with E-state index < -0.39 is 0 Å². The Balaban J connectivity index is 3.63. The molecule has 80 valence electrons. The van der Waals surface area contributed by atoms with Gasteiger partial charge in [-0.15, -0.1) is 0 Å². The lowest BCUT2D eigenvalue weighted by molar-refractivity contribution is -0.0333. The van der Waals surface area contributed by atoms with Crippen molar-refractivity contribution in [1.29, 1.82) is 0 Å². The first-order chi connectivity index (χ1) is 5.77. The standard InChI is InChI=1S/C12H26O/c1-7-8-12(5,6)13-10-9-11(2,3)4/h7-10H2,1-6H3. The molecule has 0 aromatic rings. The van der Waals surface area contributed by atoms with E-state index >= 15 is 0 Å². The summed E-state index contributed by atoms with van der Waals surface area (Å²) < 4.78 is 5.85. The molecule has 0 saturated heterocycles. The Morgan fingerprint density at radius 1 is 0.923 bits per heavy atom. The Labute approximate surface area is 83.9 Å². The van der Waals surface area contributed by atoms with Crippen LogP contribution in [0.5, 0.6) is 0 Å². The highest BCUT2D eigenvalue weighted by Crippen LogP contribution is 2.22. The van der Waals surface area contributed by atoms with Gasteiger partial charge in [0.1, 0.15) is 0 Å². The summed E-state index contributed by atoms with van der Waals surface area (Å²) in [4.78, 5) is 0. The fraction of sp³-hybridized carbons (Fsp3) is 1.00. The molecule has 1 nitrogen and oxygen atoms in total. The average Bonchev–Trinajstić information content (AvgIpc) is 1.82. The second-order valence-electron chi connectivity index (χ2n) is 5.67. The lowest BCUT2D eigenvalue weighted by atomic mass is 9.93. The van der Waals surface area contributed by atoms with Gasteiger partial charge < -0.3 is 4.74 Å². The van der Waals surface area contributed by atoms with Crippen LogP contribution in [0.2, 0.25) is 0 Å². The van der Waals surface area contributed by atoms with Gasteiger partial charge >= 0.3 is 0 Å². The zero-order chi connectivity index (χ0) is 10.5. The van der Waals surface area contributed by atoms with Crippen molar-refractivity contribution >= 4 is 0 Å². The normalized spacial score (nSPS) is 13.4. The molecular formula is C12H26O. The van der Waals surface area contributed by atoms with Gasteiger partial charge in [0, 0.05) is 6.61 Å². The van der Waals surface area contributed by atoms with Crippen LogP contribution in [0.4, 0.5) is 0 Å². The summed E-state index contributed by atoms with van der Waals surface area (Å²) in [7, 11) is 0. The van der Waals surface area contributed by atoms with Crippen molar-refractivity contribution in [3.63, 3.8) is 0 Å². The van der Waals surface area contributed by atoms with E-state index in [9.17, 15) is 0 Å². The van der Waals surface area contributed by atoms with Gasteiger partial charge in [-0.05, 0) is 32.1 Å². The van der Waals surface area contributed by atoms with Crippen LogP contribution < -0.4 is 0 Å². The summed E-state index contributed by atoms with van der Waals surface area (Å²) in [6, 6.07) is 0. The minimum atomic E-state index is 0.0694. The van der Waals surface area contributed by atoms with Crippen molar-refractivity contribution in [2.45, 2.75) is 66.4 Å². The molecule has 0 saturated carbocycles. The Kier molecular flexibility index (Phi) is 4.98. The highest BCUT2D eigenvalue weighted by Gasteiger charge is 2.18. The topological polar surface area (TPSA) is 9.23 Å².